The average Bonchev–Trinajstić information content (AvgIpc) is 3.26. The summed E-state index contributed by atoms with van der Waals surface area (Å²) in [7, 11) is 3.20. The number of methoxy groups -OCH3 is 2. The minimum absolute atomic E-state index is 0.0379. The van der Waals surface area contributed by atoms with E-state index in [1.54, 1.807) is 14.2 Å². The molecule has 0 bridgehead atoms. The van der Waals surface area contributed by atoms with Crippen molar-refractivity contribution in [3.8, 4) is 22.8 Å². The fourth-order valence-corrected chi connectivity index (χ4v) is 3.67. The van der Waals surface area contributed by atoms with E-state index in [-0.39, 0.29) is 18.7 Å². The van der Waals surface area contributed by atoms with Crippen LogP contribution in [-0.4, -0.2) is 47.1 Å². The molecule has 0 saturated carbocycles. The van der Waals surface area contributed by atoms with Crippen molar-refractivity contribution in [1.82, 2.24) is 14.7 Å². The first-order valence-corrected chi connectivity index (χ1v) is 9.56. The Balaban J connectivity index is 1.77. The number of hydrogen-bond acceptors (Lipinski definition) is 6. The lowest BCUT2D eigenvalue weighted by atomic mass is 10.1. The Bertz CT molecular complexity index is 995. The summed E-state index contributed by atoms with van der Waals surface area (Å²) >= 11 is 1.45. The molecular weight excluding hydrogens is 382 g/mol. The summed E-state index contributed by atoms with van der Waals surface area (Å²) in [5.74, 6) is 0.365. The lowest BCUT2D eigenvalue weighted by molar-refractivity contribution is -0.137. The third-order valence-electron chi connectivity index (χ3n) is 4.20. The molecule has 28 heavy (non-hydrogen) atoms. The molecule has 2 heterocycles. The van der Waals surface area contributed by atoms with Crippen LogP contribution in [0.15, 0.2) is 29.8 Å². The summed E-state index contributed by atoms with van der Waals surface area (Å²) in [5.41, 5.74) is 2.35. The van der Waals surface area contributed by atoms with Crippen molar-refractivity contribution >= 4 is 28.2 Å². The molecule has 0 aliphatic heterocycles. The normalized spacial score (nSPS) is 10.8. The van der Waals surface area contributed by atoms with Crippen molar-refractivity contribution in [2.45, 2.75) is 19.3 Å². The monoisotopic (exact) mass is 403 g/mol. The molecule has 3 aromatic rings. The Morgan fingerprint density at radius 1 is 1.29 bits per heavy atom. The number of carboxylic acid groups (broad SMARTS) is 1. The number of benzene rings is 1. The molecule has 1 aromatic carbocycles. The number of carboxylic acids is 1. The van der Waals surface area contributed by atoms with Gasteiger partial charge in [0.15, 0.2) is 4.96 Å². The Hall–Kier alpha value is -3.07. The standard InChI is InChI=1S/C19H21N3O5S/c1-26-13-5-6-16(27-2)14(9-13)15-10-22-12(11-28-19(22)21-15)8-17(23)20-7-3-4-18(24)25/h5-6,9-11H,3-4,7-8H2,1-2H3,(H,20,23)(H,24,25). The van der Waals surface area contributed by atoms with Gasteiger partial charge in [-0.1, -0.05) is 0 Å². The van der Waals surface area contributed by atoms with Gasteiger partial charge in [-0.05, 0) is 24.6 Å². The Morgan fingerprint density at radius 2 is 2.11 bits per heavy atom. The van der Waals surface area contributed by atoms with Crippen LogP contribution in [0.5, 0.6) is 11.5 Å². The van der Waals surface area contributed by atoms with Gasteiger partial charge < -0.3 is 19.9 Å². The number of rotatable bonds is 9. The predicted octanol–water partition coefficient (Wildman–Crippen LogP) is 2.60. The molecule has 0 spiro atoms. The SMILES string of the molecule is COc1ccc(OC)c(-c2cn3c(CC(=O)NCCCC(=O)O)csc3n2)c1. The lowest BCUT2D eigenvalue weighted by Crippen LogP contribution is -2.26. The maximum Gasteiger partial charge on any atom is 0.303 e. The topological polar surface area (TPSA) is 102 Å². The van der Waals surface area contributed by atoms with Crippen LogP contribution in [0.4, 0.5) is 0 Å². The van der Waals surface area contributed by atoms with Crippen molar-refractivity contribution in [3.63, 3.8) is 0 Å². The van der Waals surface area contributed by atoms with E-state index in [9.17, 15) is 9.59 Å². The molecule has 0 aliphatic rings. The van der Waals surface area contributed by atoms with Gasteiger partial charge in [-0.15, -0.1) is 11.3 Å². The van der Waals surface area contributed by atoms with Crippen LogP contribution in [0.3, 0.4) is 0 Å². The Kier molecular flexibility index (Phi) is 6.15. The quantitative estimate of drug-likeness (QED) is 0.533. The maximum absolute atomic E-state index is 12.1. The third-order valence-corrected chi connectivity index (χ3v) is 5.09. The molecule has 8 nitrogen and oxygen atoms in total. The lowest BCUT2D eigenvalue weighted by Gasteiger charge is -2.08. The molecule has 1 amide bonds. The number of ether oxygens (including phenoxy) is 2. The molecule has 0 unspecified atom stereocenters. The van der Waals surface area contributed by atoms with Gasteiger partial charge in [-0.2, -0.15) is 0 Å². The van der Waals surface area contributed by atoms with Crippen molar-refractivity contribution in [2.75, 3.05) is 20.8 Å². The van der Waals surface area contributed by atoms with Crippen LogP contribution >= 0.6 is 11.3 Å². The number of thiazole rings is 1. The van der Waals surface area contributed by atoms with Gasteiger partial charge in [-0.3, -0.25) is 14.0 Å². The van der Waals surface area contributed by atoms with E-state index in [0.717, 1.165) is 21.9 Å². The number of aromatic nitrogens is 2. The highest BCUT2D eigenvalue weighted by Crippen LogP contribution is 2.34. The van der Waals surface area contributed by atoms with Gasteiger partial charge in [-0.25, -0.2) is 4.98 Å². The van der Waals surface area contributed by atoms with Gasteiger partial charge in [0.25, 0.3) is 0 Å². The second-order valence-corrected chi connectivity index (χ2v) is 6.93. The zero-order valence-electron chi connectivity index (χ0n) is 15.6. The van der Waals surface area contributed by atoms with Gasteiger partial charge in [0.05, 0.1) is 26.3 Å². The number of hydrogen-bond donors (Lipinski definition) is 2. The highest BCUT2D eigenvalue weighted by molar-refractivity contribution is 7.15. The number of fused-ring (bicyclic) bond motifs is 1. The van der Waals surface area contributed by atoms with Crippen LogP contribution in [0.25, 0.3) is 16.2 Å². The summed E-state index contributed by atoms with van der Waals surface area (Å²) in [6.07, 6.45) is 2.51. The number of nitrogens with zero attached hydrogens (tertiary/aromatic N) is 2. The van der Waals surface area contributed by atoms with Crippen LogP contribution in [-0.2, 0) is 16.0 Å². The number of imidazole rings is 1. The van der Waals surface area contributed by atoms with Crippen molar-refractivity contribution in [3.05, 3.63) is 35.5 Å². The van der Waals surface area contributed by atoms with Crippen LogP contribution in [0, 0.1) is 0 Å². The summed E-state index contributed by atoms with van der Waals surface area (Å²) < 4.78 is 12.6. The molecule has 148 valence electrons. The van der Waals surface area contributed by atoms with Crippen LogP contribution in [0.1, 0.15) is 18.5 Å². The summed E-state index contributed by atoms with van der Waals surface area (Å²) in [6, 6.07) is 5.51. The summed E-state index contributed by atoms with van der Waals surface area (Å²) in [5, 5.41) is 13.3. The molecule has 2 aromatic heterocycles. The van der Waals surface area contributed by atoms with E-state index in [1.807, 2.05) is 34.2 Å². The highest BCUT2D eigenvalue weighted by atomic mass is 32.1. The largest absolute Gasteiger partial charge is 0.497 e. The van der Waals surface area contributed by atoms with E-state index >= 15 is 0 Å². The van der Waals surface area contributed by atoms with Gasteiger partial charge in [0, 0.05) is 35.8 Å². The molecular formula is C19H21N3O5S. The Morgan fingerprint density at radius 3 is 2.82 bits per heavy atom. The van der Waals surface area contributed by atoms with Gasteiger partial charge in [0.2, 0.25) is 5.91 Å². The molecule has 0 fully saturated rings. The molecule has 0 saturated heterocycles. The average molecular weight is 403 g/mol. The van der Waals surface area contributed by atoms with Crippen LogP contribution < -0.4 is 14.8 Å². The number of carbonyl (C=O) groups is 2. The molecule has 0 aliphatic carbocycles. The third kappa shape index (κ3) is 4.42. The van der Waals surface area contributed by atoms with Crippen LogP contribution in [0.2, 0.25) is 0 Å². The first-order chi connectivity index (χ1) is 13.5. The van der Waals surface area contributed by atoms with E-state index in [0.29, 0.717) is 24.5 Å². The fraction of sp³-hybridized carbons (Fsp3) is 0.316. The molecule has 0 radical (unpaired) electrons. The number of carbonyl (C=O) groups excluding carboxylic acids is 1. The van der Waals surface area contributed by atoms with Crippen molar-refractivity contribution in [1.29, 1.82) is 0 Å². The zero-order chi connectivity index (χ0) is 20.1. The highest BCUT2D eigenvalue weighted by Gasteiger charge is 2.15. The first-order valence-electron chi connectivity index (χ1n) is 8.68. The molecule has 3 rings (SSSR count). The predicted molar refractivity (Wildman–Crippen MR) is 105 cm³/mol. The van der Waals surface area contributed by atoms with Crippen molar-refractivity contribution in [2.24, 2.45) is 0 Å². The maximum atomic E-state index is 12.1. The first kappa shape index (κ1) is 19.7. The smallest absolute Gasteiger partial charge is 0.303 e. The second-order valence-electron chi connectivity index (χ2n) is 6.10. The van der Waals surface area contributed by atoms with E-state index < -0.39 is 5.97 Å². The molecule has 0 atom stereocenters. The number of aliphatic carboxylic acids is 1. The van der Waals surface area contributed by atoms with E-state index in [2.05, 4.69) is 10.3 Å². The zero-order valence-corrected chi connectivity index (χ0v) is 16.4. The summed E-state index contributed by atoms with van der Waals surface area (Å²) in [4.78, 5) is 28.1. The van der Waals surface area contributed by atoms with Gasteiger partial charge >= 0.3 is 5.97 Å². The van der Waals surface area contributed by atoms with E-state index in [4.69, 9.17) is 14.6 Å². The van der Waals surface area contributed by atoms with Gasteiger partial charge in [0.1, 0.15) is 11.5 Å². The summed E-state index contributed by atoms with van der Waals surface area (Å²) in [6.45, 7) is 0.342. The fourth-order valence-electron chi connectivity index (χ4n) is 2.79. The Labute approximate surface area is 165 Å². The van der Waals surface area contributed by atoms with Crippen molar-refractivity contribution < 1.29 is 24.2 Å². The molecule has 9 heteroatoms. The van der Waals surface area contributed by atoms with E-state index in [1.165, 1.54) is 11.3 Å². The minimum Gasteiger partial charge on any atom is -0.497 e. The number of amides is 1. The number of nitrogens with one attached hydrogen (secondary N) is 1. The second kappa shape index (κ2) is 8.75. The molecule has 2 N–H and O–H groups in total. The minimum atomic E-state index is -0.868.